The number of aromatic nitrogens is 3. The van der Waals surface area contributed by atoms with Crippen molar-refractivity contribution in [2.24, 2.45) is 4.99 Å². The average molecular weight is 395 g/mol. The van der Waals surface area contributed by atoms with Crippen LogP contribution in [0.25, 0.3) is 0 Å². The summed E-state index contributed by atoms with van der Waals surface area (Å²) in [5.74, 6) is 2.82. The third kappa shape index (κ3) is 7.25. The Balaban J connectivity index is 1.73. The summed E-state index contributed by atoms with van der Waals surface area (Å²) in [6, 6.07) is 7.93. The molecule has 0 aliphatic heterocycles. The molecule has 1 aromatic heterocycles. The Morgan fingerprint density at radius 1 is 1.19 bits per heavy atom. The van der Waals surface area contributed by atoms with Crippen LogP contribution in [0.15, 0.2) is 40.5 Å². The minimum atomic E-state index is 0.769. The third-order valence-corrected chi connectivity index (χ3v) is 4.89. The van der Waals surface area contributed by atoms with Gasteiger partial charge in [0, 0.05) is 48.3 Å². The van der Waals surface area contributed by atoms with E-state index >= 15 is 0 Å². The number of hydrogen-bond donors (Lipinski definition) is 2. The molecule has 0 aliphatic rings. The summed E-state index contributed by atoms with van der Waals surface area (Å²) in [7, 11) is 0. The molecule has 8 heteroatoms. The zero-order valence-electron chi connectivity index (χ0n) is 15.4. The fourth-order valence-electron chi connectivity index (χ4n) is 2.30. The zero-order valence-corrected chi connectivity index (χ0v) is 17.0. The van der Waals surface area contributed by atoms with E-state index in [9.17, 15) is 0 Å². The average Bonchev–Trinajstić information content (AvgIpc) is 3.11. The van der Waals surface area contributed by atoms with Crippen molar-refractivity contribution >= 4 is 29.3 Å². The zero-order chi connectivity index (χ0) is 18.6. The number of aryl methyl sites for hydroxylation is 1. The molecule has 6 nitrogen and oxygen atoms in total. The van der Waals surface area contributed by atoms with Crippen molar-refractivity contribution in [2.75, 3.05) is 25.4 Å². The summed E-state index contributed by atoms with van der Waals surface area (Å²) >= 11 is 7.71. The molecule has 0 fully saturated rings. The third-order valence-electron chi connectivity index (χ3n) is 3.63. The molecule has 1 aromatic carbocycles. The van der Waals surface area contributed by atoms with Crippen LogP contribution in [-0.4, -0.2) is 46.1 Å². The molecule has 0 saturated heterocycles. The van der Waals surface area contributed by atoms with Crippen LogP contribution in [-0.2, 0) is 13.0 Å². The minimum Gasteiger partial charge on any atom is -0.356 e. The lowest BCUT2D eigenvalue weighted by Gasteiger charge is -2.13. The Bertz CT molecular complexity index is 671. The van der Waals surface area contributed by atoms with E-state index in [0.717, 1.165) is 61.6 Å². The standard InChI is InChI=1S/C18H27ClN6S/c1-3-9-20-18(21-10-12-25-14-23-24-17(25)4-2)22-11-13-26-16-7-5-15(19)6-8-16/h5-8,14H,3-4,9-13H2,1-2H3,(H2,20,21,22). The lowest BCUT2D eigenvalue weighted by Crippen LogP contribution is -2.40. The molecule has 142 valence electrons. The maximum atomic E-state index is 5.91. The Labute approximate surface area is 164 Å². The second-order valence-electron chi connectivity index (χ2n) is 5.68. The van der Waals surface area contributed by atoms with Gasteiger partial charge in [-0.15, -0.1) is 22.0 Å². The van der Waals surface area contributed by atoms with Crippen molar-refractivity contribution in [3.8, 4) is 0 Å². The van der Waals surface area contributed by atoms with Crippen molar-refractivity contribution < 1.29 is 0 Å². The predicted octanol–water partition coefficient (Wildman–Crippen LogP) is 3.23. The molecular formula is C18H27ClN6S. The first-order valence-corrected chi connectivity index (χ1v) is 10.4. The van der Waals surface area contributed by atoms with Gasteiger partial charge in [0.15, 0.2) is 5.96 Å². The highest BCUT2D eigenvalue weighted by Gasteiger charge is 2.03. The van der Waals surface area contributed by atoms with E-state index in [2.05, 4.69) is 44.2 Å². The summed E-state index contributed by atoms with van der Waals surface area (Å²) in [6.45, 7) is 7.47. The second-order valence-corrected chi connectivity index (χ2v) is 7.29. The smallest absolute Gasteiger partial charge is 0.191 e. The van der Waals surface area contributed by atoms with E-state index < -0.39 is 0 Å². The van der Waals surface area contributed by atoms with E-state index in [1.54, 1.807) is 18.1 Å². The number of thioether (sulfide) groups is 1. The number of guanidine groups is 1. The molecule has 0 radical (unpaired) electrons. The maximum absolute atomic E-state index is 5.91. The van der Waals surface area contributed by atoms with Crippen LogP contribution >= 0.6 is 23.4 Å². The van der Waals surface area contributed by atoms with Crippen molar-refractivity contribution in [3.63, 3.8) is 0 Å². The summed E-state index contributed by atoms with van der Waals surface area (Å²) in [5, 5.41) is 15.6. The Kier molecular flexibility index (Phi) is 9.34. The lowest BCUT2D eigenvalue weighted by atomic mass is 10.4. The molecule has 0 unspecified atom stereocenters. The van der Waals surface area contributed by atoms with Gasteiger partial charge in [0.1, 0.15) is 12.2 Å². The lowest BCUT2D eigenvalue weighted by molar-refractivity contribution is 0.632. The number of hydrogen-bond acceptors (Lipinski definition) is 4. The maximum Gasteiger partial charge on any atom is 0.191 e. The van der Waals surface area contributed by atoms with Crippen LogP contribution in [0.2, 0.25) is 5.02 Å². The van der Waals surface area contributed by atoms with Gasteiger partial charge in [0.25, 0.3) is 0 Å². The van der Waals surface area contributed by atoms with Gasteiger partial charge < -0.3 is 15.2 Å². The van der Waals surface area contributed by atoms with Gasteiger partial charge in [-0.1, -0.05) is 25.4 Å². The normalized spacial score (nSPS) is 11.6. The van der Waals surface area contributed by atoms with Gasteiger partial charge in [0.05, 0.1) is 0 Å². The summed E-state index contributed by atoms with van der Waals surface area (Å²) in [4.78, 5) is 5.81. The molecule has 0 atom stereocenters. The van der Waals surface area contributed by atoms with Gasteiger partial charge in [-0.05, 0) is 30.7 Å². The first-order valence-electron chi connectivity index (χ1n) is 9.00. The highest BCUT2D eigenvalue weighted by Crippen LogP contribution is 2.19. The Morgan fingerprint density at radius 3 is 2.69 bits per heavy atom. The van der Waals surface area contributed by atoms with Crippen molar-refractivity contribution in [3.05, 3.63) is 41.4 Å². The Hall–Kier alpha value is -1.73. The van der Waals surface area contributed by atoms with Crippen LogP contribution in [0, 0.1) is 0 Å². The number of nitrogens with one attached hydrogen (secondary N) is 2. The van der Waals surface area contributed by atoms with Gasteiger partial charge in [-0.3, -0.25) is 4.99 Å². The number of rotatable bonds is 10. The highest BCUT2D eigenvalue weighted by molar-refractivity contribution is 7.99. The van der Waals surface area contributed by atoms with Gasteiger partial charge >= 0.3 is 0 Å². The SMILES string of the molecule is CCCN=C(NCCSc1ccc(Cl)cc1)NCCn1cnnc1CC. The predicted molar refractivity (Wildman–Crippen MR) is 110 cm³/mol. The van der Waals surface area contributed by atoms with Crippen molar-refractivity contribution in [1.29, 1.82) is 0 Å². The summed E-state index contributed by atoms with van der Waals surface area (Å²) in [6.07, 6.45) is 3.69. The Morgan fingerprint density at radius 2 is 1.96 bits per heavy atom. The van der Waals surface area contributed by atoms with Gasteiger partial charge in [-0.25, -0.2) is 0 Å². The largest absolute Gasteiger partial charge is 0.356 e. The quantitative estimate of drug-likeness (QED) is 0.280. The highest BCUT2D eigenvalue weighted by atomic mass is 35.5. The summed E-state index contributed by atoms with van der Waals surface area (Å²) in [5.41, 5.74) is 0. The van der Waals surface area contributed by atoms with E-state index in [1.165, 1.54) is 4.90 Å². The van der Waals surface area contributed by atoms with E-state index in [-0.39, 0.29) is 0 Å². The van der Waals surface area contributed by atoms with Gasteiger partial charge in [0.2, 0.25) is 0 Å². The monoisotopic (exact) mass is 394 g/mol. The molecule has 0 saturated carbocycles. The van der Waals surface area contributed by atoms with Gasteiger partial charge in [-0.2, -0.15) is 0 Å². The molecule has 0 aliphatic carbocycles. The molecule has 26 heavy (non-hydrogen) atoms. The molecule has 2 aromatic rings. The van der Waals surface area contributed by atoms with Crippen molar-refractivity contribution in [1.82, 2.24) is 25.4 Å². The van der Waals surface area contributed by atoms with Crippen LogP contribution in [0.3, 0.4) is 0 Å². The molecule has 0 bridgehead atoms. The van der Waals surface area contributed by atoms with Crippen LogP contribution < -0.4 is 10.6 Å². The van der Waals surface area contributed by atoms with E-state index in [4.69, 9.17) is 11.6 Å². The van der Waals surface area contributed by atoms with Crippen LogP contribution in [0.4, 0.5) is 0 Å². The second kappa shape index (κ2) is 11.8. The molecular weight excluding hydrogens is 368 g/mol. The van der Waals surface area contributed by atoms with Crippen molar-refractivity contribution in [2.45, 2.75) is 38.1 Å². The van der Waals surface area contributed by atoms with E-state index in [1.807, 2.05) is 24.3 Å². The molecule has 0 spiro atoms. The van der Waals surface area contributed by atoms with E-state index in [0.29, 0.717) is 0 Å². The minimum absolute atomic E-state index is 0.769. The molecule has 1 heterocycles. The van der Waals surface area contributed by atoms with Crippen LogP contribution in [0.1, 0.15) is 26.1 Å². The fraction of sp³-hybridized carbons (Fsp3) is 0.500. The number of halogens is 1. The number of nitrogens with zero attached hydrogens (tertiary/aromatic N) is 4. The number of aliphatic imine (C=N–C) groups is 1. The first kappa shape index (κ1) is 20.6. The first-order chi connectivity index (χ1) is 12.7. The topological polar surface area (TPSA) is 67.1 Å². The fourth-order valence-corrected chi connectivity index (χ4v) is 3.20. The summed E-state index contributed by atoms with van der Waals surface area (Å²) < 4.78 is 2.07. The molecule has 0 amide bonds. The molecule has 2 N–H and O–H groups in total. The molecule has 2 rings (SSSR count). The van der Waals surface area contributed by atoms with Crippen LogP contribution in [0.5, 0.6) is 0 Å². The number of benzene rings is 1.